The Morgan fingerprint density at radius 3 is 2.62 bits per heavy atom. The van der Waals surface area contributed by atoms with Crippen molar-refractivity contribution in [2.45, 2.75) is 24.6 Å². The average molecular weight is 175 g/mol. The highest BCUT2D eigenvalue weighted by atomic mass is 79.9. The van der Waals surface area contributed by atoms with Gasteiger partial charge in [0.1, 0.15) is 0 Å². The lowest BCUT2D eigenvalue weighted by Gasteiger charge is -1.87. The van der Waals surface area contributed by atoms with Crippen LogP contribution in [0.1, 0.15) is 19.8 Å². The molecule has 0 saturated heterocycles. The van der Waals surface area contributed by atoms with Gasteiger partial charge in [-0.1, -0.05) is 28.1 Å². The van der Waals surface area contributed by atoms with Gasteiger partial charge in [-0.25, -0.2) is 0 Å². The molecule has 1 atom stereocenters. The predicted octanol–water partition coefficient (Wildman–Crippen LogP) is 2.74. The number of rotatable bonds is 2. The molecule has 1 aliphatic rings. The molecular weight excluding hydrogens is 164 g/mol. The van der Waals surface area contributed by atoms with E-state index < -0.39 is 0 Å². The molecule has 0 aromatic heterocycles. The van der Waals surface area contributed by atoms with Crippen molar-refractivity contribution in [2.75, 3.05) is 0 Å². The fourth-order valence-electron chi connectivity index (χ4n) is 0.599. The molecular formula is C7H11Br. The maximum atomic E-state index is 3.44. The molecule has 0 spiro atoms. The zero-order valence-electron chi connectivity index (χ0n) is 5.10. The highest BCUT2D eigenvalue weighted by molar-refractivity contribution is 9.09. The van der Waals surface area contributed by atoms with E-state index in [2.05, 4.69) is 35.0 Å². The van der Waals surface area contributed by atoms with Crippen LogP contribution in [-0.2, 0) is 0 Å². The minimum atomic E-state index is 0.558. The van der Waals surface area contributed by atoms with Gasteiger partial charge in [-0.2, -0.15) is 0 Å². The van der Waals surface area contributed by atoms with Crippen molar-refractivity contribution < 1.29 is 0 Å². The Balaban J connectivity index is 2.13. The molecule has 0 heterocycles. The van der Waals surface area contributed by atoms with Crippen molar-refractivity contribution in [2.24, 2.45) is 5.92 Å². The summed E-state index contributed by atoms with van der Waals surface area (Å²) in [6.07, 6.45) is 7.35. The molecule has 0 amide bonds. The first-order valence-electron chi connectivity index (χ1n) is 3.11. The summed E-state index contributed by atoms with van der Waals surface area (Å²) in [5.41, 5.74) is 0. The van der Waals surface area contributed by atoms with E-state index >= 15 is 0 Å². The maximum Gasteiger partial charge on any atom is 0.0297 e. The van der Waals surface area contributed by atoms with Crippen molar-refractivity contribution in [3.8, 4) is 0 Å². The molecule has 1 rings (SSSR count). The van der Waals surface area contributed by atoms with Crippen molar-refractivity contribution in [3.63, 3.8) is 0 Å². The van der Waals surface area contributed by atoms with Gasteiger partial charge in [0.25, 0.3) is 0 Å². The van der Waals surface area contributed by atoms with Gasteiger partial charge in [0.15, 0.2) is 0 Å². The van der Waals surface area contributed by atoms with Crippen LogP contribution in [0, 0.1) is 5.92 Å². The quantitative estimate of drug-likeness (QED) is 0.447. The monoisotopic (exact) mass is 174 g/mol. The summed E-state index contributed by atoms with van der Waals surface area (Å²) in [5.74, 6) is 0.926. The minimum absolute atomic E-state index is 0.558. The Labute approximate surface area is 59.1 Å². The van der Waals surface area contributed by atoms with Gasteiger partial charge in [-0.05, 0) is 25.7 Å². The van der Waals surface area contributed by atoms with Gasteiger partial charge in [-0.15, -0.1) is 0 Å². The second-order valence-electron chi connectivity index (χ2n) is 2.40. The second kappa shape index (κ2) is 2.67. The summed E-state index contributed by atoms with van der Waals surface area (Å²) in [4.78, 5) is 0.558. The summed E-state index contributed by atoms with van der Waals surface area (Å²) < 4.78 is 0. The third-order valence-electron chi connectivity index (χ3n) is 1.27. The first kappa shape index (κ1) is 6.34. The number of hydrogen-bond acceptors (Lipinski definition) is 0. The van der Waals surface area contributed by atoms with Gasteiger partial charge in [0.05, 0.1) is 0 Å². The molecule has 0 N–H and O–H groups in total. The van der Waals surface area contributed by atoms with Crippen LogP contribution < -0.4 is 0 Å². The van der Waals surface area contributed by atoms with Gasteiger partial charge >= 0.3 is 0 Å². The standard InChI is InChI=1S/C7H11Br/c1-6(8)2-3-7-4-5-7/h2-3,6-7H,4-5H2,1H3/b3-2+. The Kier molecular flexibility index (Phi) is 2.12. The molecule has 0 aliphatic heterocycles. The van der Waals surface area contributed by atoms with Crippen LogP contribution in [0.15, 0.2) is 12.2 Å². The topological polar surface area (TPSA) is 0 Å². The maximum absolute atomic E-state index is 3.44. The van der Waals surface area contributed by atoms with Crippen molar-refractivity contribution in [3.05, 3.63) is 12.2 Å². The molecule has 1 saturated carbocycles. The van der Waals surface area contributed by atoms with E-state index in [4.69, 9.17) is 0 Å². The van der Waals surface area contributed by atoms with Crippen LogP contribution >= 0.6 is 15.9 Å². The molecule has 0 radical (unpaired) electrons. The van der Waals surface area contributed by atoms with Gasteiger partial charge in [0, 0.05) is 4.83 Å². The van der Waals surface area contributed by atoms with Crippen molar-refractivity contribution in [1.82, 2.24) is 0 Å². The molecule has 1 unspecified atom stereocenters. The van der Waals surface area contributed by atoms with Crippen LogP contribution in [0.4, 0.5) is 0 Å². The molecule has 1 fully saturated rings. The van der Waals surface area contributed by atoms with Gasteiger partial charge < -0.3 is 0 Å². The van der Waals surface area contributed by atoms with Crippen LogP contribution in [0.3, 0.4) is 0 Å². The normalized spacial score (nSPS) is 24.2. The lowest BCUT2D eigenvalue weighted by molar-refractivity contribution is 1.10. The Morgan fingerprint density at radius 1 is 1.62 bits per heavy atom. The lowest BCUT2D eigenvalue weighted by Crippen LogP contribution is -1.79. The van der Waals surface area contributed by atoms with Gasteiger partial charge in [-0.3, -0.25) is 0 Å². The van der Waals surface area contributed by atoms with E-state index in [1.807, 2.05) is 0 Å². The van der Waals surface area contributed by atoms with Crippen molar-refractivity contribution in [1.29, 1.82) is 0 Å². The average Bonchev–Trinajstić information content (AvgIpc) is 2.41. The number of alkyl halides is 1. The lowest BCUT2D eigenvalue weighted by atomic mass is 10.3. The predicted molar refractivity (Wildman–Crippen MR) is 40.3 cm³/mol. The van der Waals surface area contributed by atoms with E-state index in [0.29, 0.717) is 4.83 Å². The van der Waals surface area contributed by atoms with Crippen LogP contribution in [0.5, 0.6) is 0 Å². The third kappa shape index (κ3) is 2.51. The molecule has 0 aromatic carbocycles. The number of hydrogen-bond donors (Lipinski definition) is 0. The summed E-state index contributed by atoms with van der Waals surface area (Å²) >= 11 is 3.44. The number of allylic oxidation sites excluding steroid dienone is 2. The van der Waals surface area contributed by atoms with Crippen LogP contribution in [0.2, 0.25) is 0 Å². The van der Waals surface area contributed by atoms with Crippen LogP contribution in [0.25, 0.3) is 0 Å². The van der Waals surface area contributed by atoms with E-state index in [1.54, 1.807) is 0 Å². The second-order valence-corrected chi connectivity index (χ2v) is 3.84. The van der Waals surface area contributed by atoms with Gasteiger partial charge in [0.2, 0.25) is 0 Å². The zero-order chi connectivity index (χ0) is 5.98. The van der Waals surface area contributed by atoms with E-state index in [1.165, 1.54) is 12.8 Å². The van der Waals surface area contributed by atoms with E-state index in [-0.39, 0.29) is 0 Å². The molecule has 0 aromatic rings. The largest absolute Gasteiger partial charge is 0.0848 e. The SMILES string of the molecule is CC(Br)/C=C/C1CC1. The highest BCUT2D eigenvalue weighted by Gasteiger charge is 2.16. The molecule has 1 heteroatoms. The molecule has 1 aliphatic carbocycles. The van der Waals surface area contributed by atoms with E-state index in [9.17, 15) is 0 Å². The summed E-state index contributed by atoms with van der Waals surface area (Å²) in [5, 5.41) is 0. The molecule has 46 valence electrons. The summed E-state index contributed by atoms with van der Waals surface area (Å²) in [7, 11) is 0. The Hall–Kier alpha value is 0.220. The molecule has 0 bridgehead atoms. The number of halogens is 1. The zero-order valence-corrected chi connectivity index (χ0v) is 6.69. The first-order valence-corrected chi connectivity index (χ1v) is 4.03. The summed E-state index contributed by atoms with van der Waals surface area (Å²) in [6.45, 7) is 2.14. The Bertz CT molecular complexity index is 86.6. The highest BCUT2D eigenvalue weighted by Crippen LogP contribution is 2.30. The fraction of sp³-hybridized carbons (Fsp3) is 0.714. The minimum Gasteiger partial charge on any atom is -0.0848 e. The smallest absolute Gasteiger partial charge is 0.0297 e. The van der Waals surface area contributed by atoms with E-state index in [0.717, 1.165) is 5.92 Å². The summed E-state index contributed by atoms with van der Waals surface area (Å²) in [6, 6.07) is 0. The van der Waals surface area contributed by atoms with Crippen molar-refractivity contribution >= 4 is 15.9 Å². The Morgan fingerprint density at radius 2 is 2.25 bits per heavy atom. The first-order chi connectivity index (χ1) is 3.79. The molecule has 8 heavy (non-hydrogen) atoms. The fourth-order valence-corrected chi connectivity index (χ4v) is 0.775. The molecule has 0 nitrogen and oxygen atoms in total. The van der Waals surface area contributed by atoms with Crippen LogP contribution in [-0.4, -0.2) is 4.83 Å². The third-order valence-corrected chi connectivity index (χ3v) is 1.58.